The fourth-order valence-electron chi connectivity index (χ4n) is 1.14. The molecule has 0 aromatic carbocycles. The summed E-state index contributed by atoms with van der Waals surface area (Å²) in [6, 6.07) is 0. The lowest BCUT2D eigenvalue weighted by Gasteiger charge is -2.25. The summed E-state index contributed by atoms with van der Waals surface area (Å²) in [7, 11) is 2.73. The summed E-state index contributed by atoms with van der Waals surface area (Å²) in [5.74, 6) is 0. The zero-order valence-electron chi connectivity index (χ0n) is 4.99. The Morgan fingerprint density at radius 1 is 1.12 bits per heavy atom. The first-order valence-electron chi connectivity index (χ1n) is 3.18. The van der Waals surface area contributed by atoms with E-state index in [-0.39, 0.29) is 4.62 Å². The third kappa shape index (κ3) is 1.91. The van der Waals surface area contributed by atoms with Crippen LogP contribution in [0.4, 0.5) is 0 Å². The maximum Gasteiger partial charge on any atom is 0.0584 e. The molecule has 0 N–H and O–H groups in total. The molecule has 0 saturated heterocycles. The predicted octanol–water partition coefficient (Wildman–Crippen LogP) is 2.76. The molecule has 1 aliphatic carbocycles. The number of hydrogen-bond acceptors (Lipinski definition) is 0. The molecule has 1 aliphatic rings. The predicted molar refractivity (Wildman–Crippen MR) is 41.4 cm³/mol. The minimum Gasteiger partial charge on any atom is -0.115 e. The van der Waals surface area contributed by atoms with Crippen LogP contribution in [0.1, 0.15) is 32.1 Å². The standard InChI is InChI=1S/C6H12ClP/c7-6(8)4-2-1-3-5-6/h1-5,8H2. The van der Waals surface area contributed by atoms with Crippen LogP contribution in [0.25, 0.3) is 0 Å². The number of hydrogen-bond donors (Lipinski definition) is 0. The molecule has 1 unspecified atom stereocenters. The Balaban J connectivity index is 2.33. The molecule has 0 bridgehead atoms. The lowest BCUT2D eigenvalue weighted by atomic mass is 10.00. The molecule has 1 atom stereocenters. The quantitative estimate of drug-likeness (QED) is 0.368. The Hall–Kier alpha value is 0.720. The first-order chi connectivity index (χ1) is 3.71. The Labute approximate surface area is 58.2 Å². The minimum atomic E-state index is 0.0677. The summed E-state index contributed by atoms with van der Waals surface area (Å²) >= 11 is 6.03. The van der Waals surface area contributed by atoms with Crippen molar-refractivity contribution in [2.45, 2.75) is 36.7 Å². The van der Waals surface area contributed by atoms with Crippen LogP contribution in [0.15, 0.2) is 0 Å². The zero-order valence-corrected chi connectivity index (χ0v) is 6.90. The third-order valence-corrected chi connectivity index (χ3v) is 2.64. The van der Waals surface area contributed by atoms with E-state index in [4.69, 9.17) is 11.6 Å². The summed E-state index contributed by atoms with van der Waals surface area (Å²) in [5.41, 5.74) is 0. The lowest BCUT2D eigenvalue weighted by Crippen LogP contribution is -2.15. The SMILES string of the molecule is PC1(Cl)CCCCC1. The van der Waals surface area contributed by atoms with Crippen LogP contribution in [0, 0.1) is 0 Å². The van der Waals surface area contributed by atoms with Crippen molar-refractivity contribution >= 4 is 20.8 Å². The molecular formula is C6H12ClP. The third-order valence-electron chi connectivity index (χ3n) is 1.68. The van der Waals surface area contributed by atoms with Gasteiger partial charge in [-0.3, -0.25) is 0 Å². The first kappa shape index (κ1) is 6.83. The Bertz CT molecular complexity index is 72.6. The molecule has 1 fully saturated rings. The molecule has 0 aromatic heterocycles. The largest absolute Gasteiger partial charge is 0.115 e. The van der Waals surface area contributed by atoms with Crippen LogP contribution < -0.4 is 0 Å². The molecule has 0 amide bonds. The highest BCUT2D eigenvalue weighted by molar-refractivity contribution is 7.22. The van der Waals surface area contributed by atoms with Crippen molar-refractivity contribution in [1.29, 1.82) is 0 Å². The highest BCUT2D eigenvalue weighted by Gasteiger charge is 2.22. The van der Waals surface area contributed by atoms with Crippen LogP contribution in [0.3, 0.4) is 0 Å². The summed E-state index contributed by atoms with van der Waals surface area (Å²) in [4.78, 5) is 0. The van der Waals surface area contributed by atoms with Crippen LogP contribution in [-0.4, -0.2) is 4.62 Å². The van der Waals surface area contributed by atoms with Crippen LogP contribution in [0.2, 0.25) is 0 Å². The van der Waals surface area contributed by atoms with Gasteiger partial charge in [-0.2, -0.15) is 0 Å². The van der Waals surface area contributed by atoms with Crippen molar-refractivity contribution in [2.24, 2.45) is 0 Å². The van der Waals surface area contributed by atoms with Gasteiger partial charge in [0.05, 0.1) is 4.62 Å². The van der Waals surface area contributed by atoms with Gasteiger partial charge in [0.2, 0.25) is 0 Å². The molecule has 1 rings (SSSR count). The molecule has 0 spiro atoms. The summed E-state index contributed by atoms with van der Waals surface area (Å²) < 4.78 is 0.0677. The van der Waals surface area contributed by atoms with Gasteiger partial charge in [0, 0.05) is 0 Å². The number of rotatable bonds is 0. The molecule has 0 aromatic rings. The van der Waals surface area contributed by atoms with E-state index in [1.807, 2.05) is 0 Å². The highest BCUT2D eigenvalue weighted by atomic mass is 35.5. The summed E-state index contributed by atoms with van der Waals surface area (Å²) in [6.07, 6.45) is 6.36. The fraction of sp³-hybridized carbons (Fsp3) is 1.00. The maximum atomic E-state index is 6.03. The van der Waals surface area contributed by atoms with Crippen molar-refractivity contribution in [1.82, 2.24) is 0 Å². The van der Waals surface area contributed by atoms with Crippen molar-refractivity contribution in [3.8, 4) is 0 Å². The van der Waals surface area contributed by atoms with Crippen LogP contribution >= 0.6 is 20.8 Å². The van der Waals surface area contributed by atoms with Crippen molar-refractivity contribution < 1.29 is 0 Å². The molecular weight excluding hydrogens is 138 g/mol. The zero-order chi connectivity index (χ0) is 6.04. The second kappa shape index (κ2) is 2.54. The van der Waals surface area contributed by atoms with Crippen molar-refractivity contribution in [3.63, 3.8) is 0 Å². The molecule has 0 aliphatic heterocycles. The summed E-state index contributed by atoms with van der Waals surface area (Å²) in [6.45, 7) is 0. The van der Waals surface area contributed by atoms with Gasteiger partial charge in [-0.1, -0.05) is 19.3 Å². The van der Waals surface area contributed by atoms with Gasteiger partial charge in [-0.15, -0.1) is 20.8 Å². The number of halogens is 1. The first-order valence-corrected chi connectivity index (χ1v) is 4.14. The van der Waals surface area contributed by atoms with Gasteiger partial charge < -0.3 is 0 Å². The summed E-state index contributed by atoms with van der Waals surface area (Å²) in [5, 5.41) is 0. The lowest BCUT2D eigenvalue weighted by molar-refractivity contribution is 0.484. The van der Waals surface area contributed by atoms with E-state index in [9.17, 15) is 0 Å². The molecule has 48 valence electrons. The number of alkyl halides is 1. The maximum absolute atomic E-state index is 6.03. The second-order valence-corrected chi connectivity index (χ2v) is 4.82. The van der Waals surface area contributed by atoms with E-state index in [1.165, 1.54) is 32.1 Å². The van der Waals surface area contributed by atoms with Gasteiger partial charge >= 0.3 is 0 Å². The van der Waals surface area contributed by atoms with Gasteiger partial charge in [0.15, 0.2) is 0 Å². The van der Waals surface area contributed by atoms with Crippen LogP contribution in [0.5, 0.6) is 0 Å². The van der Waals surface area contributed by atoms with Gasteiger partial charge in [0.1, 0.15) is 0 Å². The normalized spacial score (nSPS) is 27.8. The van der Waals surface area contributed by atoms with Gasteiger partial charge in [-0.05, 0) is 12.8 Å². The molecule has 0 heterocycles. The highest BCUT2D eigenvalue weighted by Crippen LogP contribution is 2.39. The van der Waals surface area contributed by atoms with Crippen molar-refractivity contribution in [2.75, 3.05) is 0 Å². The van der Waals surface area contributed by atoms with E-state index >= 15 is 0 Å². The fourth-order valence-corrected chi connectivity index (χ4v) is 1.82. The van der Waals surface area contributed by atoms with E-state index in [0.717, 1.165) is 0 Å². The van der Waals surface area contributed by atoms with Gasteiger partial charge in [0.25, 0.3) is 0 Å². The molecule has 1 saturated carbocycles. The average molecular weight is 151 g/mol. The van der Waals surface area contributed by atoms with E-state index < -0.39 is 0 Å². The Kier molecular flexibility index (Phi) is 2.17. The van der Waals surface area contributed by atoms with Crippen molar-refractivity contribution in [3.05, 3.63) is 0 Å². The van der Waals surface area contributed by atoms with Gasteiger partial charge in [-0.25, -0.2) is 0 Å². The molecule has 0 nitrogen and oxygen atoms in total. The van der Waals surface area contributed by atoms with E-state index in [0.29, 0.717) is 0 Å². The topological polar surface area (TPSA) is 0 Å². The Morgan fingerprint density at radius 2 is 1.62 bits per heavy atom. The minimum absolute atomic E-state index is 0.0677. The Morgan fingerprint density at radius 3 is 1.88 bits per heavy atom. The molecule has 8 heavy (non-hydrogen) atoms. The van der Waals surface area contributed by atoms with Crippen LogP contribution in [-0.2, 0) is 0 Å². The second-order valence-electron chi connectivity index (χ2n) is 2.60. The molecule has 0 radical (unpaired) electrons. The average Bonchev–Trinajstić information content (AvgIpc) is 1.65. The van der Waals surface area contributed by atoms with E-state index in [1.54, 1.807) is 0 Å². The molecule has 2 heteroatoms. The smallest absolute Gasteiger partial charge is 0.0584 e. The van der Waals surface area contributed by atoms with E-state index in [2.05, 4.69) is 9.24 Å². The monoisotopic (exact) mass is 150 g/mol.